The van der Waals surface area contributed by atoms with Gasteiger partial charge in [-0.05, 0) is 48.7 Å². The van der Waals surface area contributed by atoms with Gasteiger partial charge in [-0.2, -0.15) is 0 Å². The average molecular weight is 444 g/mol. The molecule has 1 fully saturated rings. The molecule has 6 nitrogen and oxygen atoms in total. The van der Waals surface area contributed by atoms with Crippen molar-refractivity contribution in [3.63, 3.8) is 0 Å². The predicted octanol–water partition coefficient (Wildman–Crippen LogP) is 3.84. The van der Waals surface area contributed by atoms with Crippen LogP contribution < -0.4 is 15.0 Å². The first kappa shape index (κ1) is 22.9. The Labute approximate surface area is 189 Å². The van der Waals surface area contributed by atoms with Gasteiger partial charge in [-0.15, -0.1) is 0 Å². The van der Waals surface area contributed by atoms with Gasteiger partial charge in [-0.1, -0.05) is 37.6 Å². The lowest BCUT2D eigenvalue weighted by Crippen LogP contribution is -2.55. The molecule has 0 saturated carbocycles. The molecular formula is C24H30ClN3O3. The number of benzene rings is 2. The first-order valence-electron chi connectivity index (χ1n) is 10.6. The van der Waals surface area contributed by atoms with E-state index in [0.29, 0.717) is 43.2 Å². The molecule has 1 aliphatic heterocycles. The zero-order valence-corrected chi connectivity index (χ0v) is 19.1. The Morgan fingerprint density at radius 2 is 1.68 bits per heavy atom. The number of ether oxygens (including phenoxy) is 1. The lowest BCUT2D eigenvalue weighted by atomic mass is 10.0. The minimum Gasteiger partial charge on any atom is -0.495 e. The minimum atomic E-state index is -0.555. The van der Waals surface area contributed by atoms with E-state index in [1.807, 2.05) is 43.0 Å². The van der Waals surface area contributed by atoms with Gasteiger partial charge in [0.1, 0.15) is 11.8 Å². The maximum atomic E-state index is 13.3. The van der Waals surface area contributed by atoms with Crippen molar-refractivity contribution < 1.29 is 14.3 Å². The van der Waals surface area contributed by atoms with E-state index in [4.69, 9.17) is 16.3 Å². The quantitative estimate of drug-likeness (QED) is 0.706. The summed E-state index contributed by atoms with van der Waals surface area (Å²) in [6, 6.07) is 14.0. The van der Waals surface area contributed by atoms with E-state index in [1.54, 1.807) is 31.4 Å². The summed E-state index contributed by atoms with van der Waals surface area (Å²) in [4.78, 5) is 30.0. The van der Waals surface area contributed by atoms with E-state index < -0.39 is 6.04 Å². The van der Waals surface area contributed by atoms with Crippen LogP contribution in [0.1, 0.15) is 30.6 Å². The van der Waals surface area contributed by atoms with Crippen LogP contribution in [0.3, 0.4) is 0 Å². The summed E-state index contributed by atoms with van der Waals surface area (Å²) in [6.45, 7) is 6.73. The number of piperazine rings is 1. The maximum absolute atomic E-state index is 13.3. The van der Waals surface area contributed by atoms with Gasteiger partial charge in [0.15, 0.2) is 0 Å². The molecule has 1 atom stereocenters. The van der Waals surface area contributed by atoms with Crippen LogP contribution in [0.4, 0.5) is 5.69 Å². The highest BCUT2D eigenvalue weighted by molar-refractivity contribution is 6.30. The van der Waals surface area contributed by atoms with Gasteiger partial charge >= 0.3 is 0 Å². The van der Waals surface area contributed by atoms with Crippen LogP contribution in [-0.2, 0) is 4.79 Å². The number of anilines is 1. The lowest BCUT2D eigenvalue weighted by molar-refractivity contribution is -0.134. The molecule has 166 valence electrons. The molecule has 0 aliphatic carbocycles. The second-order valence-electron chi connectivity index (χ2n) is 8.15. The normalized spacial score (nSPS) is 15.0. The van der Waals surface area contributed by atoms with Crippen molar-refractivity contribution >= 4 is 29.1 Å². The predicted molar refractivity (Wildman–Crippen MR) is 124 cm³/mol. The third-order valence-corrected chi connectivity index (χ3v) is 5.69. The van der Waals surface area contributed by atoms with Gasteiger partial charge in [-0.3, -0.25) is 9.59 Å². The van der Waals surface area contributed by atoms with Crippen LogP contribution in [0.5, 0.6) is 5.75 Å². The van der Waals surface area contributed by atoms with Gasteiger partial charge in [0.2, 0.25) is 5.91 Å². The molecule has 3 rings (SSSR count). The molecule has 7 heteroatoms. The van der Waals surface area contributed by atoms with Crippen LogP contribution in [0, 0.1) is 5.92 Å². The number of carbonyl (C=O) groups is 2. The Hall–Kier alpha value is -2.73. The monoisotopic (exact) mass is 443 g/mol. The SMILES string of the molecule is COc1ccccc1N1CCN(C(=O)C(CC(C)C)NC(=O)c2ccc(Cl)cc2)CC1. The third-order valence-electron chi connectivity index (χ3n) is 5.43. The average Bonchev–Trinajstić information content (AvgIpc) is 2.78. The van der Waals surface area contributed by atoms with Crippen molar-refractivity contribution in [1.82, 2.24) is 10.2 Å². The zero-order chi connectivity index (χ0) is 22.4. The molecule has 1 N–H and O–H groups in total. The smallest absolute Gasteiger partial charge is 0.251 e. The second kappa shape index (κ2) is 10.5. The summed E-state index contributed by atoms with van der Waals surface area (Å²) in [5, 5.41) is 3.50. The van der Waals surface area contributed by atoms with Gasteiger partial charge in [-0.25, -0.2) is 0 Å². The summed E-state index contributed by atoms with van der Waals surface area (Å²) in [5.41, 5.74) is 1.53. The highest BCUT2D eigenvalue weighted by Crippen LogP contribution is 2.28. The van der Waals surface area contributed by atoms with Crippen molar-refractivity contribution in [2.45, 2.75) is 26.3 Å². The molecule has 2 aromatic rings. The summed E-state index contributed by atoms with van der Waals surface area (Å²) in [5.74, 6) is 0.809. The molecule has 1 heterocycles. The Bertz CT molecular complexity index is 893. The molecule has 0 bridgehead atoms. The number of nitrogens with one attached hydrogen (secondary N) is 1. The molecule has 0 aromatic heterocycles. The fraction of sp³-hybridized carbons (Fsp3) is 0.417. The Morgan fingerprint density at radius 1 is 1.03 bits per heavy atom. The summed E-state index contributed by atoms with van der Waals surface area (Å²) in [6.07, 6.45) is 0.588. The molecule has 0 spiro atoms. The van der Waals surface area contributed by atoms with Crippen LogP contribution in [0.15, 0.2) is 48.5 Å². The minimum absolute atomic E-state index is 0.0318. The standard InChI is InChI=1S/C24H30ClN3O3/c1-17(2)16-20(26-23(29)18-8-10-19(25)11-9-18)24(30)28-14-12-27(13-15-28)21-6-4-5-7-22(21)31-3/h4-11,17,20H,12-16H2,1-3H3,(H,26,29). The van der Waals surface area contributed by atoms with E-state index in [1.165, 1.54) is 0 Å². The number of hydrogen-bond donors (Lipinski definition) is 1. The van der Waals surface area contributed by atoms with Crippen molar-refractivity contribution in [3.8, 4) is 5.75 Å². The second-order valence-corrected chi connectivity index (χ2v) is 8.58. The highest BCUT2D eigenvalue weighted by Gasteiger charge is 2.30. The fourth-order valence-electron chi connectivity index (χ4n) is 3.81. The lowest BCUT2D eigenvalue weighted by Gasteiger charge is -2.38. The highest BCUT2D eigenvalue weighted by atomic mass is 35.5. The Kier molecular flexibility index (Phi) is 7.80. The van der Waals surface area contributed by atoms with Crippen molar-refractivity contribution in [3.05, 3.63) is 59.1 Å². The van der Waals surface area contributed by atoms with Crippen LogP contribution in [-0.4, -0.2) is 56.0 Å². The maximum Gasteiger partial charge on any atom is 0.251 e. The van der Waals surface area contributed by atoms with Crippen molar-refractivity contribution in [1.29, 1.82) is 0 Å². The zero-order valence-electron chi connectivity index (χ0n) is 18.3. The molecule has 2 aromatic carbocycles. The number of nitrogens with zero attached hydrogens (tertiary/aromatic N) is 2. The van der Waals surface area contributed by atoms with E-state index in [-0.39, 0.29) is 17.7 Å². The summed E-state index contributed by atoms with van der Waals surface area (Å²) in [7, 11) is 1.67. The number of methoxy groups -OCH3 is 1. The Morgan fingerprint density at radius 3 is 2.29 bits per heavy atom. The summed E-state index contributed by atoms with van der Waals surface area (Å²) < 4.78 is 5.47. The van der Waals surface area contributed by atoms with E-state index >= 15 is 0 Å². The topological polar surface area (TPSA) is 61.9 Å². The largest absolute Gasteiger partial charge is 0.495 e. The van der Waals surface area contributed by atoms with Crippen LogP contribution in [0.2, 0.25) is 5.02 Å². The fourth-order valence-corrected chi connectivity index (χ4v) is 3.94. The third kappa shape index (κ3) is 5.91. The van der Waals surface area contributed by atoms with Crippen molar-refractivity contribution in [2.24, 2.45) is 5.92 Å². The number of halogens is 1. The molecule has 1 unspecified atom stereocenters. The molecule has 1 saturated heterocycles. The van der Waals surface area contributed by atoms with Crippen LogP contribution in [0.25, 0.3) is 0 Å². The van der Waals surface area contributed by atoms with E-state index in [0.717, 1.165) is 11.4 Å². The first-order chi connectivity index (χ1) is 14.9. The number of amides is 2. The van der Waals surface area contributed by atoms with E-state index in [9.17, 15) is 9.59 Å². The molecule has 2 amide bonds. The number of hydrogen-bond acceptors (Lipinski definition) is 4. The molecule has 0 radical (unpaired) electrons. The van der Waals surface area contributed by atoms with Gasteiger partial charge in [0, 0.05) is 36.8 Å². The van der Waals surface area contributed by atoms with Gasteiger partial charge < -0.3 is 19.9 Å². The van der Waals surface area contributed by atoms with Gasteiger partial charge in [0.25, 0.3) is 5.91 Å². The number of carbonyl (C=O) groups excluding carboxylic acids is 2. The molecule has 1 aliphatic rings. The van der Waals surface area contributed by atoms with E-state index in [2.05, 4.69) is 10.2 Å². The number of rotatable bonds is 7. The molecule has 31 heavy (non-hydrogen) atoms. The van der Waals surface area contributed by atoms with Crippen LogP contribution >= 0.6 is 11.6 Å². The van der Waals surface area contributed by atoms with Crippen molar-refractivity contribution in [2.75, 3.05) is 38.2 Å². The Balaban J connectivity index is 1.65. The first-order valence-corrected chi connectivity index (χ1v) is 11.0. The molecular weight excluding hydrogens is 414 g/mol. The van der Waals surface area contributed by atoms with Gasteiger partial charge in [0.05, 0.1) is 12.8 Å². The number of para-hydroxylation sites is 2. The summed E-state index contributed by atoms with van der Waals surface area (Å²) >= 11 is 5.91.